The second-order valence-electron chi connectivity index (χ2n) is 4.81. The molecule has 0 saturated carbocycles. The van der Waals surface area contributed by atoms with Gasteiger partial charge in [0.15, 0.2) is 12.1 Å². The van der Waals surface area contributed by atoms with Crippen molar-refractivity contribution in [1.29, 1.82) is 0 Å². The molecule has 0 aromatic rings. The molecule has 5 atom stereocenters. The van der Waals surface area contributed by atoms with Crippen molar-refractivity contribution in [3.05, 3.63) is 0 Å². The van der Waals surface area contributed by atoms with Crippen molar-refractivity contribution in [3.8, 4) is 0 Å². The van der Waals surface area contributed by atoms with Crippen LogP contribution in [0.4, 0.5) is 0 Å². The van der Waals surface area contributed by atoms with E-state index in [-0.39, 0.29) is 18.2 Å². The van der Waals surface area contributed by atoms with E-state index in [2.05, 4.69) is 5.32 Å². The first-order chi connectivity index (χ1) is 8.42. The number of aliphatic hydroxyl groups excluding tert-OH is 2. The fraction of sp³-hybridized carbons (Fsp3) is 0.917. The number of ether oxygens (including phenoxy) is 2. The lowest BCUT2D eigenvalue weighted by molar-refractivity contribution is -0.252. The zero-order chi connectivity index (χ0) is 13.9. The van der Waals surface area contributed by atoms with Gasteiger partial charge in [0.05, 0.1) is 6.04 Å². The van der Waals surface area contributed by atoms with Crippen LogP contribution in [0.1, 0.15) is 27.2 Å². The van der Waals surface area contributed by atoms with Crippen LogP contribution in [-0.2, 0) is 14.3 Å². The average molecular weight is 261 g/mol. The zero-order valence-electron chi connectivity index (χ0n) is 11.3. The topological polar surface area (TPSA) is 88.0 Å². The lowest BCUT2D eigenvalue weighted by Crippen LogP contribution is -2.65. The first-order valence-corrected chi connectivity index (χ1v) is 6.25. The van der Waals surface area contributed by atoms with E-state index in [1.165, 1.54) is 7.11 Å². The van der Waals surface area contributed by atoms with Gasteiger partial charge in [0, 0.05) is 19.6 Å². The van der Waals surface area contributed by atoms with Crippen LogP contribution in [0, 0.1) is 0 Å². The fourth-order valence-corrected chi connectivity index (χ4v) is 2.09. The molecule has 1 unspecified atom stereocenters. The van der Waals surface area contributed by atoms with Gasteiger partial charge in [-0.25, -0.2) is 0 Å². The molecule has 1 heterocycles. The summed E-state index contributed by atoms with van der Waals surface area (Å²) in [4.78, 5) is 11.6. The number of hydrogen-bond acceptors (Lipinski definition) is 6. The van der Waals surface area contributed by atoms with E-state index in [1.807, 2.05) is 13.8 Å². The Morgan fingerprint density at radius 1 is 1.39 bits per heavy atom. The van der Waals surface area contributed by atoms with Crippen LogP contribution in [0.2, 0.25) is 0 Å². The van der Waals surface area contributed by atoms with Gasteiger partial charge in [-0.15, -0.1) is 0 Å². The molecule has 1 rings (SSSR count). The standard InChI is InChI=1S/C12H23NO5/c1-5-7(14)11-10(16)9(15)8(13-6(2)3)12(17-4)18-11/h6,8-13,15-16H,5H2,1-4H3/t8-,9-,10+,11-,12?/m1/s1. The number of ketones is 1. The van der Waals surface area contributed by atoms with Gasteiger partial charge in [0.2, 0.25) is 0 Å². The lowest BCUT2D eigenvalue weighted by Gasteiger charge is -2.42. The second-order valence-corrected chi connectivity index (χ2v) is 4.81. The Labute approximate surface area is 107 Å². The van der Waals surface area contributed by atoms with Crippen molar-refractivity contribution in [2.24, 2.45) is 0 Å². The van der Waals surface area contributed by atoms with E-state index < -0.39 is 30.6 Å². The molecule has 6 nitrogen and oxygen atoms in total. The highest BCUT2D eigenvalue weighted by Gasteiger charge is 2.46. The highest BCUT2D eigenvalue weighted by atomic mass is 16.7. The van der Waals surface area contributed by atoms with Crippen molar-refractivity contribution in [2.75, 3.05) is 7.11 Å². The Morgan fingerprint density at radius 3 is 2.44 bits per heavy atom. The van der Waals surface area contributed by atoms with E-state index in [1.54, 1.807) is 6.92 Å². The van der Waals surface area contributed by atoms with Crippen molar-refractivity contribution >= 4 is 5.78 Å². The Balaban J connectivity index is 2.84. The number of carbonyl (C=O) groups is 1. The van der Waals surface area contributed by atoms with Crippen molar-refractivity contribution in [2.45, 2.75) is 63.9 Å². The first-order valence-electron chi connectivity index (χ1n) is 6.25. The summed E-state index contributed by atoms with van der Waals surface area (Å²) in [7, 11) is 1.44. The zero-order valence-corrected chi connectivity index (χ0v) is 11.3. The minimum atomic E-state index is -1.24. The van der Waals surface area contributed by atoms with Crippen molar-refractivity contribution in [1.82, 2.24) is 5.32 Å². The largest absolute Gasteiger partial charge is 0.388 e. The summed E-state index contributed by atoms with van der Waals surface area (Å²) >= 11 is 0. The Morgan fingerprint density at radius 2 is 2.00 bits per heavy atom. The third-order valence-electron chi connectivity index (χ3n) is 3.03. The van der Waals surface area contributed by atoms with E-state index in [0.29, 0.717) is 0 Å². The molecular weight excluding hydrogens is 238 g/mol. The molecular formula is C12H23NO5. The van der Waals surface area contributed by atoms with Gasteiger partial charge < -0.3 is 25.0 Å². The molecule has 18 heavy (non-hydrogen) atoms. The second kappa shape index (κ2) is 6.58. The molecule has 6 heteroatoms. The number of nitrogens with one attached hydrogen (secondary N) is 1. The van der Waals surface area contributed by atoms with Gasteiger partial charge in [0.1, 0.15) is 18.3 Å². The molecule has 0 bridgehead atoms. The molecule has 0 amide bonds. The molecule has 1 fully saturated rings. The molecule has 0 spiro atoms. The van der Waals surface area contributed by atoms with E-state index in [0.717, 1.165) is 0 Å². The number of Topliss-reactive ketones (excluding diaryl/α,β-unsaturated/α-hetero) is 1. The van der Waals surface area contributed by atoms with Crippen LogP contribution in [0.5, 0.6) is 0 Å². The number of hydrogen-bond donors (Lipinski definition) is 3. The van der Waals surface area contributed by atoms with Crippen LogP contribution in [0.15, 0.2) is 0 Å². The van der Waals surface area contributed by atoms with Gasteiger partial charge in [-0.1, -0.05) is 20.8 Å². The molecule has 0 aliphatic carbocycles. The van der Waals surface area contributed by atoms with Crippen molar-refractivity contribution < 1.29 is 24.5 Å². The summed E-state index contributed by atoms with van der Waals surface area (Å²) in [6, 6.07) is -0.470. The SMILES string of the molecule is CCC(=O)[C@H]1OC(OC)[C@H](NC(C)C)[C@@H](O)[C@@H]1O. The maximum atomic E-state index is 11.6. The van der Waals surface area contributed by atoms with Crippen LogP contribution in [-0.4, -0.2) is 59.8 Å². The number of methoxy groups -OCH3 is 1. The highest BCUT2D eigenvalue weighted by molar-refractivity contribution is 5.83. The maximum Gasteiger partial charge on any atom is 0.176 e. The summed E-state index contributed by atoms with van der Waals surface area (Å²) in [5.41, 5.74) is 0. The van der Waals surface area contributed by atoms with Gasteiger partial charge in [-0.3, -0.25) is 4.79 Å². The summed E-state index contributed by atoms with van der Waals surface area (Å²) < 4.78 is 10.6. The third kappa shape index (κ3) is 3.27. The number of aliphatic hydroxyl groups is 2. The Kier molecular flexibility index (Phi) is 5.68. The Hall–Kier alpha value is -0.530. The molecule has 1 saturated heterocycles. The molecule has 3 N–H and O–H groups in total. The van der Waals surface area contributed by atoms with Gasteiger partial charge in [0.25, 0.3) is 0 Å². The summed E-state index contributed by atoms with van der Waals surface area (Å²) in [6.45, 7) is 5.51. The first kappa shape index (κ1) is 15.5. The van der Waals surface area contributed by atoms with E-state index >= 15 is 0 Å². The Bertz CT molecular complexity index is 282. The average Bonchev–Trinajstić information content (AvgIpc) is 2.34. The van der Waals surface area contributed by atoms with E-state index in [4.69, 9.17) is 9.47 Å². The summed E-state index contributed by atoms with van der Waals surface area (Å²) in [5, 5.41) is 23.1. The summed E-state index contributed by atoms with van der Waals surface area (Å²) in [5.74, 6) is -0.244. The van der Waals surface area contributed by atoms with Crippen LogP contribution in [0.3, 0.4) is 0 Å². The van der Waals surface area contributed by atoms with Gasteiger partial charge in [-0.2, -0.15) is 0 Å². The molecule has 0 radical (unpaired) electrons. The third-order valence-corrected chi connectivity index (χ3v) is 3.03. The predicted octanol–water partition coefficient (Wildman–Crippen LogP) is -0.575. The highest BCUT2D eigenvalue weighted by Crippen LogP contribution is 2.23. The fourth-order valence-electron chi connectivity index (χ4n) is 2.09. The number of rotatable bonds is 5. The van der Waals surface area contributed by atoms with Crippen LogP contribution < -0.4 is 5.32 Å². The lowest BCUT2D eigenvalue weighted by atomic mass is 9.93. The number of carbonyl (C=O) groups excluding carboxylic acids is 1. The predicted molar refractivity (Wildman–Crippen MR) is 65.0 cm³/mol. The monoisotopic (exact) mass is 261 g/mol. The van der Waals surface area contributed by atoms with Gasteiger partial charge >= 0.3 is 0 Å². The minimum absolute atomic E-state index is 0.0940. The normalized spacial score (nSPS) is 36.9. The summed E-state index contributed by atoms with van der Waals surface area (Å²) in [6.07, 6.45) is -3.88. The minimum Gasteiger partial charge on any atom is -0.388 e. The van der Waals surface area contributed by atoms with Crippen molar-refractivity contribution in [3.63, 3.8) is 0 Å². The smallest absolute Gasteiger partial charge is 0.176 e. The van der Waals surface area contributed by atoms with Gasteiger partial charge in [-0.05, 0) is 0 Å². The molecule has 1 aliphatic rings. The maximum absolute atomic E-state index is 11.6. The molecule has 106 valence electrons. The van der Waals surface area contributed by atoms with Crippen LogP contribution >= 0.6 is 0 Å². The molecule has 1 aliphatic heterocycles. The molecule has 0 aromatic carbocycles. The van der Waals surface area contributed by atoms with Crippen LogP contribution in [0.25, 0.3) is 0 Å². The molecule has 0 aromatic heterocycles. The van der Waals surface area contributed by atoms with E-state index in [9.17, 15) is 15.0 Å². The quantitative estimate of drug-likeness (QED) is 0.614.